The third-order valence-corrected chi connectivity index (χ3v) is 5.42. The van der Waals surface area contributed by atoms with E-state index in [4.69, 9.17) is 20.8 Å². The fourth-order valence-corrected chi connectivity index (χ4v) is 3.76. The minimum absolute atomic E-state index is 0.0577. The number of halogens is 1. The van der Waals surface area contributed by atoms with E-state index >= 15 is 0 Å². The van der Waals surface area contributed by atoms with Crippen LogP contribution in [0.25, 0.3) is 0 Å². The van der Waals surface area contributed by atoms with Crippen LogP contribution in [0.4, 0.5) is 6.01 Å². The van der Waals surface area contributed by atoms with E-state index in [1.807, 2.05) is 18.7 Å². The van der Waals surface area contributed by atoms with Gasteiger partial charge in [-0.1, -0.05) is 25.4 Å². The fraction of sp³-hybridized carbons (Fsp3) is 0.579. The molecule has 0 unspecified atom stereocenters. The zero-order valence-electron chi connectivity index (χ0n) is 17.2. The van der Waals surface area contributed by atoms with Crippen molar-refractivity contribution in [2.45, 2.75) is 51.7 Å². The molecule has 0 radical (unpaired) electrons. The van der Waals surface area contributed by atoms with Crippen LogP contribution in [-0.2, 0) is 17.6 Å². The molecule has 1 aliphatic rings. The normalized spacial score (nSPS) is 19.1. The molecule has 164 valence electrons. The Morgan fingerprint density at radius 3 is 2.77 bits per heavy atom. The highest BCUT2D eigenvalue weighted by atomic mass is 35.5. The molecule has 0 saturated carbocycles. The van der Waals surface area contributed by atoms with E-state index in [2.05, 4.69) is 20.3 Å². The lowest BCUT2D eigenvalue weighted by atomic mass is 10.0. The van der Waals surface area contributed by atoms with Crippen LogP contribution in [0.15, 0.2) is 4.42 Å². The number of H-pyrrole nitrogens is 1. The number of carboxylic acid groups (broad SMARTS) is 1. The molecule has 10 nitrogen and oxygen atoms in total. The molecular formula is C19H26ClN5O5. The number of ether oxygens (including phenoxy) is 1. The van der Waals surface area contributed by atoms with Gasteiger partial charge in [0.1, 0.15) is 5.76 Å². The maximum absolute atomic E-state index is 12.6. The smallest absolute Gasteiger partial charge is 0.358 e. The Labute approximate surface area is 179 Å². The second-order valence-electron chi connectivity index (χ2n) is 7.12. The summed E-state index contributed by atoms with van der Waals surface area (Å²) in [4.78, 5) is 37.0. The molecule has 0 bridgehead atoms. The predicted octanol–water partition coefficient (Wildman–Crippen LogP) is 2.29. The Bertz CT molecular complexity index is 911. The third-order valence-electron chi connectivity index (χ3n) is 5.11. The Hall–Kier alpha value is -2.59. The SMILES string of the molecule is CCCc1oc(N2CC[C@H](NC(=O)c3nc(Cl)c(CC)[nH]3)[C@H](OC)C2)nc1C(=O)O. The van der Waals surface area contributed by atoms with E-state index < -0.39 is 5.97 Å². The van der Waals surface area contributed by atoms with Crippen molar-refractivity contribution < 1.29 is 23.8 Å². The summed E-state index contributed by atoms with van der Waals surface area (Å²) < 4.78 is 11.3. The van der Waals surface area contributed by atoms with Crippen LogP contribution < -0.4 is 10.2 Å². The molecule has 3 N–H and O–H groups in total. The third kappa shape index (κ3) is 4.59. The molecule has 1 fully saturated rings. The predicted molar refractivity (Wildman–Crippen MR) is 109 cm³/mol. The van der Waals surface area contributed by atoms with E-state index in [1.165, 1.54) is 0 Å². The fourth-order valence-electron chi connectivity index (χ4n) is 3.50. The first-order valence-electron chi connectivity index (χ1n) is 9.93. The quantitative estimate of drug-likeness (QED) is 0.570. The van der Waals surface area contributed by atoms with Gasteiger partial charge in [0.25, 0.3) is 11.9 Å². The van der Waals surface area contributed by atoms with Crippen molar-refractivity contribution in [3.8, 4) is 0 Å². The number of nitrogens with one attached hydrogen (secondary N) is 2. The van der Waals surface area contributed by atoms with Crippen LogP contribution in [0.2, 0.25) is 5.15 Å². The van der Waals surface area contributed by atoms with Crippen LogP contribution in [0, 0.1) is 0 Å². The average Bonchev–Trinajstić information content (AvgIpc) is 3.32. The molecule has 1 saturated heterocycles. The first kappa shape index (κ1) is 22.1. The molecule has 11 heteroatoms. The minimum atomic E-state index is -1.11. The van der Waals surface area contributed by atoms with Crippen LogP contribution >= 0.6 is 11.6 Å². The lowest BCUT2D eigenvalue weighted by molar-refractivity contribution is 0.0528. The average molecular weight is 440 g/mol. The van der Waals surface area contributed by atoms with Gasteiger partial charge in [-0.25, -0.2) is 9.78 Å². The zero-order chi connectivity index (χ0) is 21.8. The number of nitrogens with zero attached hydrogens (tertiary/aromatic N) is 3. The molecule has 30 heavy (non-hydrogen) atoms. The van der Waals surface area contributed by atoms with E-state index in [0.29, 0.717) is 49.0 Å². The number of carboxylic acids is 1. The Morgan fingerprint density at radius 2 is 2.17 bits per heavy atom. The highest BCUT2D eigenvalue weighted by Crippen LogP contribution is 2.25. The number of carbonyl (C=O) groups excluding carboxylic acids is 1. The van der Waals surface area contributed by atoms with Gasteiger partial charge in [-0.05, 0) is 19.3 Å². The number of hydrogen-bond donors (Lipinski definition) is 3. The second kappa shape index (κ2) is 9.48. The van der Waals surface area contributed by atoms with Crippen molar-refractivity contribution in [1.82, 2.24) is 20.3 Å². The number of imidazole rings is 1. The number of rotatable bonds is 8. The molecule has 2 aromatic rings. The van der Waals surface area contributed by atoms with E-state index in [9.17, 15) is 14.7 Å². The summed E-state index contributed by atoms with van der Waals surface area (Å²) in [5.41, 5.74) is 0.651. The van der Waals surface area contributed by atoms with Gasteiger partial charge >= 0.3 is 5.97 Å². The first-order chi connectivity index (χ1) is 14.4. The maximum Gasteiger partial charge on any atom is 0.358 e. The van der Waals surface area contributed by atoms with Gasteiger partial charge in [-0.3, -0.25) is 4.79 Å². The van der Waals surface area contributed by atoms with Gasteiger partial charge in [0.05, 0.1) is 24.4 Å². The second-order valence-corrected chi connectivity index (χ2v) is 7.48. The van der Waals surface area contributed by atoms with E-state index in [-0.39, 0.29) is 35.6 Å². The number of anilines is 1. The van der Waals surface area contributed by atoms with Crippen LogP contribution in [0.1, 0.15) is 59.3 Å². The van der Waals surface area contributed by atoms with Gasteiger partial charge in [0.15, 0.2) is 16.7 Å². The number of methoxy groups -OCH3 is 1. The molecule has 1 amide bonds. The van der Waals surface area contributed by atoms with Gasteiger partial charge in [0.2, 0.25) is 0 Å². The summed E-state index contributed by atoms with van der Waals surface area (Å²) in [5, 5.41) is 12.6. The Morgan fingerprint density at radius 1 is 1.40 bits per heavy atom. The number of aromatic carboxylic acids is 1. The number of aromatic nitrogens is 3. The van der Waals surface area contributed by atoms with Crippen molar-refractivity contribution in [3.05, 3.63) is 28.1 Å². The zero-order valence-corrected chi connectivity index (χ0v) is 18.0. The number of carbonyl (C=O) groups is 2. The molecule has 3 heterocycles. The van der Waals surface area contributed by atoms with Gasteiger partial charge in [-0.15, -0.1) is 0 Å². The van der Waals surface area contributed by atoms with Crippen molar-refractivity contribution in [3.63, 3.8) is 0 Å². The van der Waals surface area contributed by atoms with Crippen LogP contribution in [-0.4, -0.2) is 64.3 Å². The summed E-state index contributed by atoms with van der Waals surface area (Å²) in [6.07, 6.45) is 2.12. The molecule has 0 aliphatic carbocycles. The van der Waals surface area contributed by atoms with Gasteiger partial charge in [-0.2, -0.15) is 4.98 Å². The Balaban J connectivity index is 1.69. The largest absolute Gasteiger partial charge is 0.476 e. The summed E-state index contributed by atoms with van der Waals surface area (Å²) in [6, 6.07) is 0.00445. The van der Waals surface area contributed by atoms with Crippen molar-refractivity contribution in [1.29, 1.82) is 0 Å². The van der Waals surface area contributed by atoms with Crippen LogP contribution in [0.3, 0.4) is 0 Å². The summed E-state index contributed by atoms with van der Waals surface area (Å²) in [6.45, 7) is 4.78. The summed E-state index contributed by atoms with van der Waals surface area (Å²) in [7, 11) is 1.56. The van der Waals surface area contributed by atoms with E-state index in [0.717, 1.165) is 6.42 Å². The number of oxazole rings is 1. The summed E-state index contributed by atoms with van der Waals surface area (Å²) >= 11 is 6.02. The molecule has 2 aromatic heterocycles. The Kier molecular flexibility index (Phi) is 6.99. The monoisotopic (exact) mass is 439 g/mol. The van der Waals surface area contributed by atoms with Gasteiger partial charge < -0.3 is 29.5 Å². The first-order valence-corrected chi connectivity index (χ1v) is 10.3. The highest BCUT2D eigenvalue weighted by Gasteiger charge is 2.34. The lowest BCUT2D eigenvalue weighted by Gasteiger charge is -2.37. The molecule has 2 atom stereocenters. The summed E-state index contributed by atoms with van der Waals surface area (Å²) in [5.74, 6) is -0.933. The van der Waals surface area contributed by atoms with Crippen molar-refractivity contribution in [2.75, 3.05) is 25.1 Å². The number of aryl methyl sites for hydroxylation is 2. The molecule has 0 spiro atoms. The topological polar surface area (TPSA) is 134 Å². The molecule has 1 aliphatic heterocycles. The number of hydrogen-bond acceptors (Lipinski definition) is 7. The number of aromatic amines is 1. The minimum Gasteiger partial charge on any atom is -0.476 e. The number of amides is 1. The number of piperidine rings is 1. The van der Waals surface area contributed by atoms with Crippen molar-refractivity contribution in [2.24, 2.45) is 0 Å². The van der Waals surface area contributed by atoms with E-state index in [1.54, 1.807) is 7.11 Å². The van der Waals surface area contributed by atoms with Crippen LogP contribution in [0.5, 0.6) is 0 Å². The lowest BCUT2D eigenvalue weighted by Crippen LogP contribution is -2.55. The maximum atomic E-state index is 12.6. The molecule has 3 rings (SSSR count). The molecule has 0 aromatic carbocycles. The van der Waals surface area contributed by atoms with Gasteiger partial charge in [0, 0.05) is 20.1 Å². The highest BCUT2D eigenvalue weighted by molar-refractivity contribution is 6.30. The van der Waals surface area contributed by atoms with Crippen molar-refractivity contribution >= 4 is 29.5 Å². The molecular weight excluding hydrogens is 414 g/mol. The standard InChI is InChI=1S/C19H26ClN5O5/c1-4-6-12-14(18(27)28)23-19(30-12)25-8-7-11(13(9-25)29-3)22-17(26)16-21-10(5-2)15(20)24-16/h11,13H,4-9H2,1-3H3,(H,21,24)(H,22,26)(H,27,28)/t11-,13+/m0/s1.